The van der Waals surface area contributed by atoms with Crippen LogP contribution in [0, 0.1) is 0 Å². The Balaban J connectivity index is 2.44. The fourth-order valence-electron chi connectivity index (χ4n) is 1.26. The maximum Gasteiger partial charge on any atom is 0.162 e. The third-order valence-corrected chi connectivity index (χ3v) is 2.28. The predicted molar refractivity (Wildman–Crippen MR) is 50.3 cm³/mol. The molecule has 1 aliphatic heterocycles. The molecule has 2 N–H and O–H groups in total. The fraction of sp³-hybridized carbons (Fsp3) is 0.333. The van der Waals surface area contributed by atoms with Gasteiger partial charge in [-0.1, -0.05) is 11.6 Å². The van der Waals surface area contributed by atoms with Gasteiger partial charge in [0.05, 0.1) is 0 Å². The van der Waals surface area contributed by atoms with Gasteiger partial charge in [-0.3, -0.25) is 0 Å². The quantitative estimate of drug-likeness (QED) is 0.747. The summed E-state index contributed by atoms with van der Waals surface area (Å²) >= 11 is 5.95. The molecule has 0 saturated carbocycles. The largest absolute Gasteiger partial charge is 0.486 e. The van der Waals surface area contributed by atoms with Gasteiger partial charge in [0.1, 0.15) is 13.2 Å². The number of ether oxygens (including phenoxy) is 2. The molecular weight excluding hydrogens is 190 g/mol. The molecule has 0 bridgehead atoms. The highest BCUT2D eigenvalue weighted by Gasteiger charge is 2.13. The van der Waals surface area contributed by atoms with E-state index >= 15 is 0 Å². The Morgan fingerprint density at radius 2 is 1.85 bits per heavy atom. The average Bonchev–Trinajstić information content (AvgIpc) is 2.17. The van der Waals surface area contributed by atoms with E-state index in [1.54, 1.807) is 6.07 Å². The van der Waals surface area contributed by atoms with Gasteiger partial charge in [-0.15, -0.1) is 0 Å². The molecule has 1 aliphatic rings. The van der Waals surface area contributed by atoms with Crippen molar-refractivity contribution in [3.8, 4) is 11.5 Å². The first-order valence-electron chi connectivity index (χ1n) is 4.09. The Kier molecular flexibility index (Phi) is 2.29. The molecule has 0 aliphatic carbocycles. The summed E-state index contributed by atoms with van der Waals surface area (Å²) in [6.07, 6.45) is 0. The van der Waals surface area contributed by atoms with Crippen molar-refractivity contribution in [1.82, 2.24) is 0 Å². The first-order chi connectivity index (χ1) is 6.31. The standard InChI is InChI=1S/C9H10ClNO2/c10-7-4-9-8(3-6(7)5-11)12-1-2-13-9/h3-4H,1-2,5,11H2. The first-order valence-corrected chi connectivity index (χ1v) is 4.47. The van der Waals surface area contributed by atoms with E-state index in [1.165, 1.54) is 0 Å². The van der Waals surface area contributed by atoms with Crippen LogP contribution in [-0.2, 0) is 6.54 Å². The molecule has 3 nitrogen and oxygen atoms in total. The molecule has 4 heteroatoms. The fourth-order valence-corrected chi connectivity index (χ4v) is 1.49. The van der Waals surface area contributed by atoms with Crippen molar-refractivity contribution in [3.63, 3.8) is 0 Å². The molecule has 0 saturated heterocycles. The van der Waals surface area contributed by atoms with Crippen molar-refractivity contribution < 1.29 is 9.47 Å². The maximum absolute atomic E-state index is 5.95. The lowest BCUT2D eigenvalue weighted by atomic mass is 10.2. The molecule has 0 spiro atoms. The molecule has 0 unspecified atom stereocenters. The second kappa shape index (κ2) is 3.44. The Labute approximate surface area is 81.4 Å². The van der Waals surface area contributed by atoms with Crippen molar-refractivity contribution in [2.75, 3.05) is 13.2 Å². The van der Waals surface area contributed by atoms with Crippen LogP contribution in [0.1, 0.15) is 5.56 Å². The number of nitrogens with two attached hydrogens (primary N) is 1. The first kappa shape index (κ1) is 8.66. The molecule has 0 atom stereocenters. The molecule has 70 valence electrons. The summed E-state index contributed by atoms with van der Waals surface area (Å²) < 4.78 is 10.7. The summed E-state index contributed by atoms with van der Waals surface area (Å²) in [5, 5.41) is 0.631. The highest BCUT2D eigenvalue weighted by molar-refractivity contribution is 6.31. The van der Waals surface area contributed by atoms with Crippen LogP contribution in [0.25, 0.3) is 0 Å². The highest BCUT2D eigenvalue weighted by atomic mass is 35.5. The molecule has 0 fully saturated rings. The van der Waals surface area contributed by atoms with Crippen LogP contribution in [0.3, 0.4) is 0 Å². The van der Waals surface area contributed by atoms with Gasteiger partial charge in [0.2, 0.25) is 0 Å². The highest BCUT2D eigenvalue weighted by Crippen LogP contribution is 2.34. The minimum Gasteiger partial charge on any atom is -0.486 e. The van der Waals surface area contributed by atoms with Crippen LogP contribution in [0.5, 0.6) is 11.5 Å². The zero-order valence-corrected chi connectivity index (χ0v) is 7.80. The summed E-state index contributed by atoms with van der Waals surface area (Å²) in [6, 6.07) is 3.58. The molecule has 0 aromatic heterocycles. The van der Waals surface area contributed by atoms with E-state index in [4.69, 9.17) is 26.8 Å². The molecule has 1 heterocycles. The summed E-state index contributed by atoms with van der Waals surface area (Å²) in [6.45, 7) is 1.57. The van der Waals surface area contributed by atoms with Crippen molar-refractivity contribution in [1.29, 1.82) is 0 Å². The average molecular weight is 200 g/mol. The van der Waals surface area contributed by atoms with Crippen LogP contribution in [0.2, 0.25) is 5.02 Å². The number of rotatable bonds is 1. The summed E-state index contributed by atoms with van der Waals surface area (Å²) in [5.41, 5.74) is 6.38. The predicted octanol–water partition coefficient (Wildman–Crippen LogP) is 1.57. The van der Waals surface area contributed by atoms with Crippen molar-refractivity contribution in [2.45, 2.75) is 6.54 Å². The zero-order valence-electron chi connectivity index (χ0n) is 7.05. The lowest BCUT2D eigenvalue weighted by molar-refractivity contribution is 0.171. The van der Waals surface area contributed by atoms with Crippen molar-refractivity contribution in [2.24, 2.45) is 5.73 Å². The van der Waals surface area contributed by atoms with E-state index in [2.05, 4.69) is 0 Å². The minimum atomic E-state index is 0.412. The Morgan fingerprint density at radius 3 is 2.46 bits per heavy atom. The summed E-state index contributed by atoms with van der Waals surface area (Å²) in [4.78, 5) is 0. The van der Waals surface area contributed by atoms with E-state index in [-0.39, 0.29) is 0 Å². The van der Waals surface area contributed by atoms with Crippen LogP contribution in [0.4, 0.5) is 0 Å². The lowest BCUT2D eigenvalue weighted by Crippen LogP contribution is -2.15. The van der Waals surface area contributed by atoms with Gasteiger partial charge >= 0.3 is 0 Å². The Hall–Kier alpha value is -0.930. The number of benzene rings is 1. The van der Waals surface area contributed by atoms with Crippen LogP contribution in [0.15, 0.2) is 12.1 Å². The molecule has 0 radical (unpaired) electrons. The van der Waals surface area contributed by atoms with Gasteiger partial charge in [0, 0.05) is 17.6 Å². The molecule has 1 aromatic carbocycles. The SMILES string of the molecule is NCc1cc2c(cc1Cl)OCCO2. The molecule has 13 heavy (non-hydrogen) atoms. The topological polar surface area (TPSA) is 44.5 Å². The molecule has 0 amide bonds. The second-order valence-electron chi connectivity index (χ2n) is 2.79. The van der Waals surface area contributed by atoms with Crippen LogP contribution >= 0.6 is 11.6 Å². The van der Waals surface area contributed by atoms with E-state index < -0.39 is 0 Å². The molecule has 2 rings (SSSR count). The van der Waals surface area contributed by atoms with E-state index in [0.29, 0.717) is 30.5 Å². The smallest absolute Gasteiger partial charge is 0.162 e. The number of hydrogen-bond acceptors (Lipinski definition) is 3. The van der Waals surface area contributed by atoms with E-state index in [9.17, 15) is 0 Å². The van der Waals surface area contributed by atoms with Crippen LogP contribution in [-0.4, -0.2) is 13.2 Å². The van der Waals surface area contributed by atoms with Crippen molar-refractivity contribution >= 4 is 11.6 Å². The normalized spacial score (nSPS) is 14.3. The third-order valence-electron chi connectivity index (χ3n) is 1.93. The molecule has 1 aromatic rings. The lowest BCUT2D eigenvalue weighted by Gasteiger charge is -2.19. The van der Waals surface area contributed by atoms with E-state index in [1.807, 2.05) is 6.07 Å². The van der Waals surface area contributed by atoms with Crippen LogP contribution < -0.4 is 15.2 Å². The number of fused-ring (bicyclic) bond motifs is 1. The van der Waals surface area contributed by atoms with Gasteiger partial charge in [-0.25, -0.2) is 0 Å². The van der Waals surface area contributed by atoms with Gasteiger partial charge < -0.3 is 15.2 Å². The van der Waals surface area contributed by atoms with Gasteiger partial charge in [-0.2, -0.15) is 0 Å². The van der Waals surface area contributed by atoms with Gasteiger partial charge in [0.15, 0.2) is 11.5 Å². The number of hydrogen-bond donors (Lipinski definition) is 1. The second-order valence-corrected chi connectivity index (χ2v) is 3.20. The monoisotopic (exact) mass is 199 g/mol. The Morgan fingerprint density at radius 1 is 1.23 bits per heavy atom. The maximum atomic E-state index is 5.95. The van der Waals surface area contributed by atoms with Gasteiger partial charge in [0.25, 0.3) is 0 Å². The summed E-state index contributed by atoms with van der Waals surface area (Å²) in [7, 11) is 0. The van der Waals surface area contributed by atoms with E-state index in [0.717, 1.165) is 11.3 Å². The third kappa shape index (κ3) is 1.57. The molecular formula is C9H10ClNO2. The minimum absolute atomic E-state index is 0.412. The van der Waals surface area contributed by atoms with Crippen molar-refractivity contribution in [3.05, 3.63) is 22.7 Å². The zero-order chi connectivity index (χ0) is 9.26. The Bertz CT molecular complexity index is 328. The summed E-state index contributed by atoms with van der Waals surface area (Å²) in [5.74, 6) is 1.43. The van der Waals surface area contributed by atoms with Gasteiger partial charge in [-0.05, 0) is 11.6 Å². The number of halogens is 1.